The summed E-state index contributed by atoms with van der Waals surface area (Å²) < 4.78 is 5.31. The standard InChI is InChI=1S/C10H15ClN4O3/c1-7-8(15(16)17)9(13-10(11)12-7)18-6-4-5-14(2)3/h4-6H2,1-3H3. The Kier molecular flexibility index (Phi) is 5.24. The number of nitro groups is 1. The highest BCUT2D eigenvalue weighted by Gasteiger charge is 2.23. The molecular formula is C10H15ClN4O3. The maximum absolute atomic E-state index is 10.9. The van der Waals surface area contributed by atoms with Gasteiger partial charge in [-0.3, -0.25) is 10.1 Å². The molecule has 7 nitrogen and oxygen atoms in total. The highest BCUT2D eigenvalue weighted by Crippen LogP contribution is 2.28. The van der Waals surface area contributed by atoms with Gasteiger partial charge in [0.25, 0.3) is 5.88 Å². The molecule has 0 amide bonds. The van der Waals surface area contributed by atoms with E-state index in [-0.39, 0.29) is 22.5 Å². The van der Waals surface area contributed by atoms with E-state index in [0.29, 0.717) is 6.61 Å². The van der Waals surface area contributed by atoms with Crippen molar-refractivity contribution in [2.75, 3.05) is 27.2 Å². The zero-order valence-corrected chi connectivity index (χ0v) is 11.3. The van der Waals surface area contributed by atoms with E-state index < -0.39 is 4.92 Å². The average Bonchev–Trinajstić information content (AvgIpc) is 2.22. The molecule has 18 heavy (non-hydrogen) atoms. The van der Waals surface area contributed by atoms with Crippen molar-refractivity contribution in [3.63, 3.8) is 0 Å². The summed E-state index contributed by atoms with van der Waals surface area (Å²) in [6.07, 6.45) is 0.741. The molecule has 1 aromatic heterocycles. The van der Waals surface area contributed by atoms with Gasteiger partial charge in [0.1, 0.15) is 5.69 Å². The van der Waals surface area contributed by atoms with Crippen LogP contribution in [0, 0.1) is 17.0 Å². The predicted molar refractivity (Wildman–Crippen MR) is 67.1 cm³/mol. The lowest BCUT2D eigenvalue weighted by Gasteiger charge is -2.10. The van der Waals surface area contributed by atoms with Crippen molar-refractivity contribution in [3.8, 4) is 5.88 Å². The van der Waals surface area contributed by atoms with Gasteiger partial charge in [-0.25, -0.2) is 4.98 Å². The fraction of sp³-hybridized carbons (Fsp3) is 0.600. The molecule has 1 aromatic rings. The molecule has 0 aromatic carbocycles. The van der Waals surface area contributed by atoms with Crippen LogP contribution in [0.4, 0.5) is 5.69 Å². The molecule has 0 saturated carbocycles. The van der Waals surface area contributed by atoms with Crippen LogP contribution < -0.4 is 4.74 Å². The monoisotopic (exact) mass is 274 g/mol. The number of halogens is 1. The summed E-state index contributed by atoms with van der Waals surface area (Å²) in [7, 11) is 3.88. The second kappa shape index (κ2) is 6.46. The smallest absolute Gasteiger partial charge is 0.352 e. The third kappa shape index (κ3) is 4.08. The van der Waals surface area contributed by atoms with Crippen LogP contribution in [0.1, 0.15) is 12.1 Å². The van der Waals surface area contributed by atoms with Gasteiger partial charge >= 0.3 is 5.69 Å². The third-order valence-electron chi connectivity index (χ3n) is 2.17. The van der Waals surface area contributed by atoms with Gasteiger partial charge in [0.2, 0.25) is 5.28 Å². The molecule has 0 aliphatic carbocycles. The first-order valence-electron chi connectivity index (χ1n) is 5.38. The molecule has 0 saturated heterocycles. The fourth-order valence-corrected chi connectivity index (χ4v) is 1.57. The average molecular weight is 275 g/mol. The van der Waals surface area contributed by atoms with Gasteiger partial charge in [0.05, 0.1) is 11.5 Å². The summed E-state index contributed by atoms with van der Waals surface area (Å²) in [6.45, 7) is 2.66. The van der Waals surface area contributed by atoms with Gasteiger partial charge in [-0.2, -0.15) is 4.98 Å². The number of hydrogen-bond donors (Lipinski definition) is 0. The molecule has 0 radical (unpaired) electrons. The Morgan fingerprint density at radius 2 is 2.11 bits per heavy atom. The quantitative estimate of drug-likeness (QED) is 0.340. The molecule has 0 atom stereocenters. The van der Waals surface area contributed by atoms with Gasteiger partial charge in [-0.05, 0) is 39.0 Å². The number of ether oxygens (including phenoxy) is 1. The van der Waals surface area contributed by atoms with Crippen molar-refractivity contribution in [2.45, 2.75) is 13.3 Å². The van der Waals surface area contributed by atoms with E-state index in [9.17, 15) is 10.1 Å². The van der Waals surface area contributed by atoms with Gasteiger partial charge < -0.3 is 9.64 Å². The molecule has 1 rings (SSSR count). The number of hydrogen-bond acceptors (Lipinski definition) is 6. The molecule has 0 aliphatic rings. The Hall–Kier alpha value is -1.47. The summed E-state index contributed by atoms with van der Waals surface area (Å²) in [6, 6.07) is 0. The van der Waals surface area contributed by atoms with E-state index in [1.807, 2.05) is 19.0 Å². The molecule has 0 spiro atoms. The Morgan fingerprint density at radius 1 is 1.44 bits per heavy atom. The predicted octanol–water partition coefficient (Wildman–Crippen LogP) is 1.68. The van der Waals surface area contributed by atoms with Gasteiger partial charge in [0, 0.05) is 6.54 Å². The van der Waals surface area contributed by atoms with Crippen LogP contribution in [0.3, 0.4) is 0 Å². The summed E-state index contributed by atoms with van der Waals surface area (Å²) in [4.78, 5) is 19.8. The zero-order valence-electron chi connectivity index (χ0n) is 10.5. The fourth-order valence-electron chi connectivity index (χ4n) is 1.37. The maximum Gasteiger partial charge on any atom is 0.352 e. The topological polar surface area (TPSA) is 81.4 Å². The van der Waals surface area contributed by atoms with Crippen LogP contribution in [-0.2, 0) is 0 Å². The summed E-state index contributed by atoms with van der Waals surface area (Å²) in [5, 5.41) is 10.8. The third-order valence-corrected chi connectivity index (χ3v) is 2.34. The minimum atomic E-state index is -0.563. The Morgan fingerprint density at radius 3 is 2.67 bits per heavy atom. The maximum atomic E-state index is 10.9. The van der Waals surface area contributed by atoms with E-state index >= 15 is 0 Å². The molecule has 0 aliphatic heterocycles. The molecule has 0 fully saturated rings. The van der Waals surface area contributed by atoms with Gasteiger partial charge in [-0.15, -0.1) is 0 Å². The van der Waals surface area contributed by atoms with E-state index in [0.717, 1.165) is 13.0 Å². The zero-order chi connectivity index (χ0) is 13.7. The van der Waals surface area contributed by atoms with Gasteiger partial charge in [0.15, 0.2) is 0 Å². The second-order valence-electron chi connectivity index (χ2n) is 3.99. The first-order chi connectivity index (χ1) is 8.41. The van der Waals surface area contributed by atoms with Crippen molar-refractivity contribution in [2.24, 2.45) is 0 Å². The highest BCUT2D eigenvalue weighted by molar-refractivity contribution is 6.28. The van der Waals surface area contributed by atoms with E-state index in [1.165, 1.54) is 6.92 Å². The van der Waals surface area contributed by atoms with Crippen molar-refractivity contribution in [1.82, 2.24) is 14.9 Å². The van der Waals surface area contributed by atoms with Crippen LogP contribution >= 0.6 is 11.6 Å². The molecule has 0 N–H and O–H groups in total. The Bertz CT molecular complexity index is 439. The number of aryl methyl sites for hydroxylation is 1. The summed E-state index contributed by atoms with van der Waals surface area (Å²) in [5.41, 5.74) is -0.0353. The first kappa shape index (κ1) is 14.6. The Labute approximate surface area is 110 Å². The van der Waals surface area contributed by atoms with Crippen molar-refractivity contribution in [3.05, 3.63) is 21.1 Å². The van der Waals surface area contributed by atoms with Gasteiger partial charge in [-0.1, -0.05) is 0 Å². The first-order valence-corrected chi connectivity index (χ1v) is 5.75. The number of aromatic nitrogens is 2. The summed E-state index contributed by atoms with van der Waals surface area (Å²) >= 11 is 5.66. The molecular weight excluding hydrogens is 260 g/mol. The van der Waals surface area contributed by atoms with Crippen LogP contribution in [-0.4, -0.2) is 47.0 Å². The second-order valence-corrected chi connectivity index (χ2v) is 4.33. The molecule has 100 valence electrons. The molecule has 0 bridgehead atoms. The van der Waals surface area contributed by atoms with Crippen molar-refractivity contribution < 1.29 is 9.66 Å². The molecule has 0 unspecified atom stereocenters. The normalized spacial score (nSPS) is 10.7. The van der Waals surface area contributed by atoms with E-state index in [2.05, 4.69) is 9.97 Å². The lowest BCUT2D eigenvalue weighted by atomic mass is 10.3. The van der Waals surface area contributed by atoms with Crippen LogP contribution in [0.5, 0.6) is 5.88 Å². The molecule has 8 heteroatoms. The van der Waals surface area contributed by atoms with Crippen LogP contribution in [0.2, 0.25) is 5.28 Å². The molecule has 1 heterocycles. The lowest BCUT2D eigenvalue weighted by Crippen LogP contribution is -2.16. The van der Waals surface area contributed by atoms with E-state index in [1.54, 1.807) is 0 Å². The number of nitrogens with zero attached hydrogens (tertiary/aromatic N) is 4. The minimum Gasteiger partial charge on any atom is -0.473 e. The van der Waals surface area contributed by atoms with Crippen molar-refractivity contribution in [1.29, 1.82) is 0 Å². The number of rotatable bonds is 6. The highest BCUT2D eigenvalue weighted by atomic mass is 35.5. The summed E-state index contributed by atoms with van der Waals surface area (Å²) in [5.74, 6) is -0.0729. The van der Waals surface area contributed by atoms with E-state index in [4.69, 9.17) is 16.3 Å². The van der Waals surface area contributed by atoms with Crippen LogP contribution in [0.15, 0.2) is 0 Å². The minimum absolute atomic E-state index is 0.0549. The lowest BCUT2D eigenvalue weighted by molar-refractivity contribution is -0.387. The SMILES string of the molecule is Cc1nc(Cl)nc(OCCCN(C)C)c1[N+](=O)[O-]. The van der Waals surface area contributed by atoms with Crippen molar-refractivity contribution >= 4 is 17.3 Å². The largest absolute Gasteiger partial charge is 0.473 e. The Balaban J connectivity index is 2.77. The van der Waals surface area contributed by atoms with Crippen LogP contribution in [0.25, 0.3) is 0 Å².